The van der Waals surface area contributed by atoms with E-state index >= 15 is 0 Å². The topological polar surface area (TPSA) is 126 Å². The molecule has 0 N–H and O–H groups in total. The van der Waals surface area contributed by atoms with Crippen molar-refractivity contribution in [3.8, 4) is 0 Å². The predicted octanol–water partition coefficient (Wildman–Crippen LogP) is 23.0. The average Bonchev–Trinajstić information content (AvgIpc) is 0.798. The summed E-state index contributed by atoms with van der Waals surface area (Å²) in [6.07, 6.45) is 15.5. The van der Waals surface area contributed by atoms with Gasteiger partial charge in [0.1, 0.15) is 0 Å². The van der Waals surface area contributed by atoms with Crippen LogP contribution in [-0.4, -0.2) is 88.7 Å². The summed E-state index contributed by atoms with van der Waals surface area (Å²) in [5.41, 5.74) is 11.1. The van der Waals surface area contributed by atoms with Crippen LogP contribution >= 0.6 is 26.1 Å². The summed E-state index contributed by atoms with van der Waals surface area (Å²) in [5, 5.41) is 18.6. The van der Waals surface area contributed by atoms with Crippen molar-refractivity contribution in [2.75, 3.05) is 28.2 Å². The molecule has 596 valence electrons. The maximum atomic E-state index is 11.8. The van der Waals surface area contributed by atoms with E-state index in [4.69, 9.17) is 33.1 Å². The predicted molar refractivity (Wildman–Crippen MR) is 504 cm³/mol. The van der Waals surface area contributed by atoms with Gasteiger partial charge in [0.05, 0.1) is 0 Å². The summed E-state index contributed by atoms with van der Waals surface area (Å²) in [4.78, 5) is 26.8. The van der Waals surface area contributed by atoms with Gasteiger partial charge in [0.2, 0.25) is 0 Å². The molecule has 0 aliphatic heterocycles. The van der Waals surface area contributed by atoms with E-state index in [1.165, 1.54) is 109 Å². The van der Waals surface area contributed by atoms with Crippen molar-refractivity contribution in [2.45, 2.75) is 141 Å². The van der Waals surface area contributed by atoms with Gasteiger partial charge in [0.15, 0.2) is 12.1 Å². The van der Waals surface area contributed by atoms with Crippen molar-refractivity contribution in [3.05, 3.63) is 335 Å². The van der Waals surface area contributed by atoms with Gasteiger partial charge in [-0.15, -0.1) is 35.7 Å². The zero-order valence-corrected chi connectivity index (χ0v) is 81.5. The second-order valence-corrected chi connectivity index (χ2v) is 58.4. The van der Waals surface area contributed by atoms with Gasteiger partial charge in [-0.25, -0.2) is 0 Å². The van der Waals surface area contributed by atoms with Crippen molar-refractivity contribution in [1.82, 2.24) is 9.80 Å². The van der Waals surface area contributed by atoms with Crippen molar-refractivity contribution in [1.29, 1.82) is 0 Å². The molecule has 8 aliphatic carbocycles. The van der Waals surface area contributed by atoms with Crippen LogP contribution < -0.4 is 42.4 Å². The van der Waals surface area contributed by atoms with Crippen LogP contribution in [0, 0.1) is 49.4 Å². The van der Waals surface area contributed by atoms with Crippen LogP contribution in [-0.2, 0) is 81.5 Å². The van der Waals surface area contributed by atoms with Crippen LogP contribution in [0.1, 0.15) is 88.2 Å². The van der Waals surface area contributed by atoms with E-state index in [0.29, 0.717) is 0 Å². The van der Waals surface area contributed by atoms with Gasteiger partial charge in [-0.05, 0) is 159 Å². The molecule has 0 saturated heterocycles. The second-order valence-electron chi connectivity index (χ2n) is 34.1. The van der Waals surface area contributed by atoms with E-state index in [1.807, 2.05) is 36.4 Å². The largest absolute Gasteiger partial charge is 4.00 e. The van der Waals surface area contributed by atoms with E-state index in [9.17, 15) is 9.59 Å². The van der Waals surface area contributed by atoms with Crippen LogP contribution in [0.25, 0.3) is 20.1 Å². The average molecular weight is 1830 g/mol. The number of urea groups is 2. The molecule has 0 spiro atoms. The minimum atomic E-state index is -2.40. The Balaban J connectivity index is 0.000000186. The molecule has 115 heavy (non-hydrogen) atoms. The molecule has 0 atom stereocenters. The third-order valence-corrected chi connectivity index (χ3v) is 45.8. The van der Waals surface area contributed by atoms with Gasteiger partial charge < -0.3 is 60.6 Å². The summed E-state index contributed by atoms with van der Waals surface area (Å²) in [5.74, 6) is 5.19. The number of amides is 4. The monoisotopic (exact) mass is 1820 g/mol. The fourth-order valence-corrected chi connectivity index (χ4v) is 44.6. The molecular weight excluding hydrogens is 1710 g/mol. The first kappa shape index (κ1) is 95.2. The SMILES string of the molecule is CN(C)C(=O)[N-]C12CC3CC(CC(C3)C1)C2.CN(C)C(=O)[N-]C12CC3CC(CC(C3)C1)C2.C[Si](C)(C)[N-]P(=[C-]P(=S)(c1ccccc1)c1ccccc1)(c1ccccc1)c1ccccc1.C[Si](C)(C)[N-]P(=[C-]P(=S)(c1ccccc1)c1ccccc1)(c1ccccc1)c1ccccc1.Cc1ccccc1.Cc1ccccc1.[O-2].[Zr+4].[Zr+4]. The minimum absolute atomic E-state index is 0. The third kappa shape index (κ3) is 25.9. The van der Waals surface area contributed by atoms with Gasteiger partial charge in [0.25, 0.3) is 0 Å². The Morgan fingerprint density at radius 3 is 0.635 bits per heavy atom. The first-order valence-corrected chi connectivity index (χ1v) is 56.0. The van der Waals surface area contributed by atoms with Gasteiger partial charge in [-0.1, -0.05) is 420 Å². The molecule has 10 aromatic rings. The van der Waals surface area contributed by atoms with E-state index in [0.717, 1.165) is 56.7 Å². The van der Waals surface area contributed by atoms with E-state index < -0.39 is 42.6 Å². The molecule has 9 nitrogen and oxygen atoms in total. The molecule has 8 aliphatic rings. The Morgan fingerprint density at radius 1 is 0.322 bits per heavy atom. The van der Waals surface area contributed by atoms with Gasteiger partial charge >= 0.3 is 52.4 Å². The Morgan fingerprint density at radius 2 is 0.487 bits per heavy atom. The third-order valence-electron chi connectivity index (χ3n) is 21.8. The van der Waals surface area contributed by atoms with Crippen molar-refractivity contribution >= 4 is 132 Å². The summed E-state index contributed by atoms with van der Waals surface area (Å²) in [6, 6.07) is 101. The van der Waals surface area contributed by atoms with Gasteiger partial charge in [-0.3, -0.25) is 9.59 Å². The Kier molecular flexibility index (Phi) is 35.8. The quantitative estimate of drug-likeness (QED) is 0.0542. The number of carbonyl (C=O) groups excluding carboxylic acids is 2. The van der Waals surface area contributed by atoms with Gasteiger partial charge in [-0.2, -0.15) is 0 Å². The van der Waals surface area contributed by atoms with Gasteiger partial charge in [0, 0.05) is 0 Å². The smallest absolute Gasteiger partial charge is 2.00 e. The number of carbonyl (C=O) groups is 2. The molecule has 0 radical (unpaired) electrons. The summed E-state index contributed by atoms with van der Waals surface area (Å²) in [6.45, 7) is 18.0. The fraction of sp³-hybridized carbons (Fsp3) is 0.333. The Hall–Kier alpha value is -5.28. The summed E-state index contributed by atoms with van der Waals surface area (Å²) >= 11 is 13.3. The van der Waals surface area contributed by atoms with Crippen molar-refractivity contribution in [2.24, 2.45) is 35.5 Å². The number of aryl methyl sites for hydroxylation is 2. The Labute approximate surface area is 741 Å². The second kappa shape index (κ2) is 43.3. The maximum absolute atomic E-state index is 11.8. The number of benzene rings is 10. The fourth-order valence-electron chi connectivity index (χ4n) is 17.8. The zero-order chi connectivity index (χ0) is 79.6. The van der Waals surface area contributed by atoms with Crippen LogP contribution in [0.4, 0.5) is 9.59 Å². The minimum Gasteiger partial charge on any atom is -2.00 e. The molecular formula is C96H116N6O3P4S2Si2Zr2. The molecule has 10 aromatic carbocycles. The van der Waals surface area contributed by atoms with Crippen LogP contribution in [0.15, 0.2) is 303 Å². The zero-order valence-electron chi connectivity index (χ0n) is 69.3. The molecule has 8 fully saturated rings. The molecule has 4 amide bonds. The number of nitrogens with zero attached hydrogens (tertiary/aromatic N) is 6. The molecule has 19 heteroatoms. The molecule has 8 saturated carbocycles. The molecule has 18 rings (SSSR count). The molecule has 8 bridgehead atoms. The molecule has 0 unspecified atom stereocenters. The molecule has 0 heterocycles. The van der Waals surface area contributed by atoms with E-state index in [2.05, 4.69) is 342 Å². The normalized spacial score (nSPS) is 20.5. The number of rotatable bonds is 16. The Bertz CT molecular complexity index is 4300. The van der Waals surface area contributed by atoms with Crippen molar-refractivity contribution in [3.63, 3.8) is 0 Å². The van der Waals surface area contributed by atoms with Crippen LogP contribution in [0.3, 0.4) is 0 Å². The first-order valence-electron chi connectivity index (χ1n) is 40.0. The standard InChI is InChI=1S/2C28H29NP2SSi.2C13H22N2O.2C7H8.O.2Zr/c2*1-33(2,3)29-30(25-16-8-4-9-17-25,26-18-10-5-11-19-26)24-31(32,27-20-12-6-13-21-27)28-22-14-7-15-23-28;2*1-15(2)12(16)14-13-6-9-3-10(7-13)5-11(4-9)8-13;2*1-7-5-3-2-4-6-7;;;/h2*4-23H,1-3H3;2*9-11H,3-8H2,1-2H3,(H,14,16);2*2-6H,1H3;;;/q2*-2;;;;;-2;2*+4/p-2. The van der Waals surface area contributed by atoms with Crippen LogP contribution in [0.5, 0.6) is 0 Å². The maximum Gasteiger partial charge on any atom is 4.00 e. The number of hydrogen-bond acceptors (Lipinski definition) is 4. The van der Waals surface area contributed by atoms with E-state index in [1.54, 1.807) is 38.0 Å². The summed E-state index contributed by atoms with van der Waals surface area (Å²) in [7, 11) is -1.35. The van der Waals surface area contributed by atoms with Crippen LogP contribution in [0.2, 0.25) is 39.3 Å². The van der Waals surface area contributed by atoms with Crippen molar-refractivity contribution < 1.29 is 67.5 Å². The number of hydrogen-bond donors (Lipinski definition) is 0. The summed E-state index contributed by atoms with van der Waals surface area (Å²) < 4.78 is 11.4. The molecule has 0 aromatic heterocycles. The first-order chi connectivity index (χ1) is 53.6. The van der Waals surface area contributed by atoms with E-state index in [-0.39, 0.29) is 81.0 Å².